The summed E-state index contributed by atoms with van der Waals surface area (Å²) in [5, 5.41) is 4.88. The first-order valence-corrected chi connectivity index (χ1v) is 13.3. The van der Waals surface area contributed by atoms with Crippen LogP contribution in [0.15, 0.2) is 35.1 Å². The number of aryl methyl sites for hydroxylation is 1. The maximum atomic E-state index is 13.7. The van der Waals surface area contributed by atoms with Crippen molar-refractivity contribution in [2.45, 2.75) is 71.3 Å². The SMILES string of the molecule is CCC[C@H]1C[C@@H](C(=O)NC(C(N)=O)c2cc(=O)n(C)c3ccccc23)N(C(=O)[C@@H](NC(=O)C(F)(F)F)C(C)(C)C)C1. The van der Waals surface area contributed by atoms with E-state index in [0.717, 1.165) is 6.42 Å². The Balaban J connectivity index is 1.99. The van der Waals surface area contributed by atoms with Gasteiger partial charge >= 0.3 is 12.1 Å². The number of amides is 4. The van der Waals surface area contributed by atoms with E-state index < -0.39 is 58.9 Å². The summed E-state index contributed by atoms with van der Waals surface area (Å²) in [7, 11) is 1.56. The highest BCUT2D eigenvalue weighted by Gasteiger charge is 2.48. The van der Waals surface area contributed by atoms with Gasteiger partial charge in [-0.15, -0.1) is 0 Å². The molecule has 1 aromatic carbocycles. The van der Waals surface area contributed by atoms with Crippen LogP contribution in [0.1, 0.15) is 58.6 Å². The molecule has 1 saturated heterocycles. The van der Waals surface area contributed by atoms with Gasteiger partial charge < -0.3 is 25.8 Å². The van der Waals surface area contributed by atoms with Gasteiger partial charge in [0.1, 0.15) is 18.1 Å². The number of likely N-dealkylation sites (tertiary alicyclic amines) is 1. The number of nitrogens with one attached hydrogen (secondary N) is 2. The predicted molar refractivity (Wildman–Crippen MR) is 145 cm³/mol. The zero-order valence-corrected chi connectivity index (χ0v) is 23.7. The molecule has 4 atom stereocenters. The van der Waals surface area contributed by atoms with Crippen molar-refractivity contribution in [3.8, 4) is 0 Å². The van der Waals surface area contributed by atoms with Crippen molar-refractivity contribution >= 4 is 34.5 Å². The number of para-hydroxylation sites is 1. The van der Waals surface area contributed by atoms with E-state index in [0.29, 0.717) is 17.3 Å². The summed E-state index contributed by atoms with van der Waals surface area (Å²) >= 11 is 0. The van der Waals surface area contributed by atoms with Gasteiger partial charge in [-0.3, -0.25) is 24.0 Å². The lowest BCUT2D eigenvalue weighted by Crippen LogP contribution is -2.59. The third-order valence-electron chi connectivity index (χ3n) is 7.38. The number of aromatic nitrogens is 1. The van der Waals surface area contributed by atoms with Gasteiger partial charge in [-0.2, -0.15) is 13.2 Å². The number of pyridine rings is 1. The number of halogens is 3. The molecule has 1 aliphatic heterocycles. The van der Waals surface area contributed by atoms with Crippen LogP contribution in [0.5, 0.6) is 0 Å². The van der Waals surface area contributed by atoms with Crippen molar-refractivity contribution in [2.24, 2.45) is 24.1 Å². The summed E-state index contributed by atoms with van der Waals surface area (Å²) < 4.78 is 40.6. The molecular weight excluding hydrogens is 543 g/mol. The molecule has 0 radical (unpaired) electrons. The van der Waals surface area contributed by atoms with Crippen molar-refractivity contribution < 1.29 is 32.3 Å². The van der Waals surface area contributed by atoms with E-state index in [1.807, 2.05) is 6.92 Å². The molecule has 0 saturated carbocycles. The van der Waals surface area contributed by atoms with Gasteiger partial charge in [0, 0.05) is 25.0 Å². The maximum Gasteiger partial charge on any atom is 0.471 e. The number of nitrogens with zero attached hydrogens (tertiary/aromatic N) is 2. The lowest BCUT2D eigenvalue weighted by atomic mass is 9.85. The Bertz CT molecular complexity index is 1400. The number of nitrogens with two attached hydrogens (primary N) is 1. The Hall–Kier alpha value is -3.90. The average Bonchev–Trinajstić information content (AvgIpc) is 3.30. The number of fused-ring (bicyclic) bond motifs is 1. The lowest BCUT2D eigenvalue weighted by molar-refractivity contribution is -0.176. The van der Waals surface area contributed by atoms with Gasteiger partial charge in [-0.25, -0.2) is 0 Å². The van der Waals surface area contributed by atoms with Crippen LogP contribution in [0, 0.1) is 11.3 Å². The lowest BCUT2D eigenvalue weighted by Gasteiger charge is -2.35. The van der Waals surface area contributed by atoms with Crippen LogP contribution >= 0.6 is 0 Å². The highest BCUT2D eigenvalue weighted by atomic mass is 19.4. The van der Waals surface area contributed by atoms with Crippen molar-refractivity contribution in [1.29, 1.82) is 0 Å². The fraction of sp³-hybridized carbons (Fsp3) is 0.536. The summed E-state index contributed by atoms with van der Waals surface area (Å²) in [4.78, 5) is 65.6. The van der Waals surface area contributed by atoms with Gasteiger partial charge in [-0.05, 0) is 35.8 Å². The maximum absolute atomic E-state index is 13.7. The van der Waals surface area contributed by atoms with Crippen molar-refractivity contribution in [3.05, 3.63) is 46.2 Å². The summed E-state index contributed by atoms with van der Waals surface area (Å²) in [6.45, 7) is 6.52. The summed E-state index contributed by atoms with van der Waals surface area (Å²) in [6.07, 6.45) is -3.64. The molecule has 3 rings (SSSR count). The van der Waals surface area contributed by atoms with Crippen LogP contribution < -0.4 is 21.9 Å². The molecular formula is C28H36F3N5O5. The number of hydrogen-bond acceptors (Lipinski definition) is 5. The molecule has 1 aliphatic rings. The number of carbonyl (C=O) groups excluding carboxylic acids is 4. The number of alkyl halides is 3. The second-order valence-corrected chi connectivity index (χ2v) is 11.5. The van der Waals surface area contributed by atoms with E-state index in [9.17, 15) is 37.1 Å². The van der Waals surface area contributed by atoms with Crippen LogP contribution in [-0.2, 0) is 26.2 Å². The zero-order chi connectivity index (χ0) is 30.9. The summed E-state index contributed by atoms with van der Waals surface area (Å²) in [5.74, 6) is -4.94. The summed E-state index contributed by atoms with van der Waals surface area (Å²) in [6, 6.07) is 3.81. The van der Waals surface area contributed by atoms with Crippen molar-refractivity contribution in [3.63, 3.8) is 0 Å². The predicted octanol–water partition coefficient (Wildman–Crippen LogP) is 2.29. The molecule has 2 heterocycles. The van der Waals surface area contributed by atoms with Gasteiger partial charge in [0.25, 0.3) is 5.56 Å². The van der Waals surface area contributed by atoms with E-state index in [-0.39, 0.29) is 24.4 Å². The molecule has 4 N–H and O–H groups in total. The van der Waals surface area contributed by atoms with Crippen LogP contribution in [0.25, 0.3) is 10.9 Å². The van der Waals surface area contributed by atoms with E-state index in [1.54, 1.807) is 36.6 Å². The van der Waals surface area contributed by atoms with E-state index in [1.165, 1.54) is 36.3 Å². The van der Waals surface area contributed by atoms with E-state index in [4.69, 9.17) is 5.73 Å². The zero-order valence-electron chi connectivity index (χ0n) is 23.7. The minimum Gasteiger partial charge on any atom is -0.368 e. The fourth-order valence-corrected chi connectivity index (χ4v) is 5.28. The Morgan fingerprint density at radius 2 is 1.73 bits per heavy atom. The van der Waals surface area contributed by atoms with E-state index >= 15 is 0 Å². The van der Waals surface area contributed by atoms with Gasteiger partial charge in [0.15, 0.2) is 0 Å². The third-order valence-corrected chi connectivity index (χ3v) is 7.38. The van der Waals surface area contributed by atoms with Crippen LogP contribution in [0.4, 0.5) is 13.2 Å². The highest BCUT2D eigenvalue weighted by molar-refractivity contribution is 5.97. The first-order chi connectivity index (χ1) is 19.0. The monoisotopic (exact) mass is 579 g/mol. The second-order valence-electron chi connectivity index (χ2n) is 11.5. The quantitative estimate of drug-likeness (QED) is 0.440. The number of benzene rings is 1. The number of rotatable bonds is 8. The number of primary amides is 1. The normalized spacial score (nSPS) is 19.1. The largest absolute Gasteiger partial charge is 0.471 e. The second kappa shape index (κ2) is 11.9. The Morgan fingerprint density at radius 1 is 1.10 bits per heavy atom. The number of carbonyl (C=O) groups is 4. The molecule has 1 fully saturated rings. The molecule has 0 aliphatic carbocycles. The fourth-order valence-electron chi connectivity index (χ4n) is 5.28. The smallest absolute Gasteiger partial charge is 0.368 e. The molecule has 4 amide bonds. The van der Waals surface area contributed by atoms with Crippen molar-refractivity contribution in [1.82, 2.24) is 20.1 Å². The average molecular weight is 580 g/mol. The van der Waals surface area contributed by atoms with E-state index in [2.05, 4.69) is 5.32 Å². The first-order valence-electron chi connectivity index (χ1n) is 13.3. The molecule has 224 valence electrons. The standard InChI is InChI=1S/C28H36F3N5O5/c1-6-9-15-12-19(36(14-15)25(40)22(27(2,3)4)34-26(41)28(29,30)31)24(39)33-21(23(32)38)17-13-20(37)35(5)18-11-8-7-10-16(17)18/h7-8,10-11,13,15,19,21-22H,6,9,12,14H2,1-5H3,(H2,32,38)(H,33,39)(H,34,41)/t15-,19-,21?,22+/m0/s1. The Morgan fingerprint density at radius 3 is 2.29 bits per heavy atom. The van der Waals surface area contributed by atoms with Crippen LogP contribution in [0.3, 0.4) is 0 Å². The molecule has 41 heavy (non-hydrogen) atoms. The minimum atomic E-state index is -5.21. The Kier molecular flexibility index (Phi) is 9.19. The molecule has 0 bridgehead atoms. The van der Waals surface area contributed by atoms with Gasteiger partial charge in [0.05, 0.1) is 5.52 Å². The van der Waals surface area contributed by atoms with Gasteiger partial charge in [0.2, 0.25) is 17.7 Å². The summed E-state index contributed by atoms with van der Waals surface area (Å²) in [5.41, 5.74) is 4.79. The minimum absolute atomic E-state index is 0.0786. The molecule has 1 aromatic heterocycles. The molecule has 13 heteroatoms. The number of hydrogen-bond donors (Lipinski definition) is 3. The third kappa shape index (κ3) is 6.88. The Labute approximate surface area is 235 Å². The van der Waals surface area contributed by atoms with Crippen LogP contribution in [0.2, 0.25) is 0 Å². The first kappa shape index (κ1) is 31.6. The molecule has 0 spiro atoms. The highest BCUT2D eigenvalue weighted by Crippen LogP contribution is 2.32. The molecule has 2 aromatic rings. The van der Waals surface area contributed by atoms with Gasteiger partial charge in [-0.1, -0.05) is 52.3 Å². The molecule has 10 nitrogen and oxygen atoms in total. The topological polar surface area (TPSA) is 144 Å². The van der Waals surface area contributed by atoms with Crippen LogP contribution in [-0.4, -0.2) is 57.9 Å². The molecule has 1 unspecified atom stereocenters. The van der Waals surface area contributed by atoms with Crippen molar-refractivity contribution in [2.75, 3.05) is 6.54 Å².